The lowest BCUT2D eigenvalue weighted by molar-refractivity contribution is 0.588. The van der Waals surface area contributed by atoms with E-state index >= 15 is 0 Å². The molecule has 0 amide bonds. The van der Waals surface area contributed by atoms with Crippen molar-refractivity contribution in [2.75, 3.05) is 22.6 Å². The molecule has 19 heavy (non-hydrogen) atoms. The average Bonchev–Trinajstić information content (AvgIpc) is 2.26. The molecule has 1 aromatic rings. The van der Waals surface area contributed by atoms with Crippen LogP contribution in [0.3, 0.4) is 0 Å². The summed E-state index contributed by atoms with van der Waals surface area (Å²) in [5.41, 5.74) is 0.0618. The fourth-order valence-electron chi connectivity index (χ4n) is 1.50. The van der Waals surface area contributed by atoms with Crippen molar-refractivity contribution in [3.63, 3.8) is 0 Å². The molecule has 1 aromatic carbocycles. The Morgan fingerprint density at radius 1 is 1.21 bits per heavy atom. The van der Waals surface area contributed by atoms with Gasteiger partial charge in [0.2, 0.25) is 10.0 Å². The van der Waals surface area contributed by atoms with Crippen LogP contribution < -0.4 is 4.72 Å². The standard InChI is InChI=1S/C11H16ClNO4S2/c1-9(7-12)8-19(16,17)13-10-5-3-4-6-11(10)18(2,14)15/h3-6,9,13H,7-8H2,1-2H3. The summed E-state index contributed by atoms with van der Waals surface area (Å²) in [4.78, 5) is -0.0444. The number of hydrogen-bond donors (Lipinski definition) is 1. The Hall–Kier alpha value is -0.790. The van der Waals surface area contributed by atoms with E-state index in [1.165, 1.54) is 18.2 Å². The van der Waals surface area contributed by atoms with Crippen molar-refractivity contribution in [1.29, 1.82) is 0 Å². The molecule has 0 spiro atoms. The van der Waals surface area contributed by atoms with Crippen LogP contribution in [0.25, 0.3) is 0 Å². The maximum absolute atomic E-state index is 11.9. The second kappa shape index (κ2) is 6.11. The number of halogens is 1. The Morgan fingerprint density at radius 3 is 2.32 bits per heavy atom. The first-order valence-corrected chi connectivity index (χ1v) is 9.59. The molecule has 0 fully saturated rings. The summed E-state index contributed by atoms with van der Waals surface area (Å²) in [6.07, 6.45) is 1.03. The molecule has 0 saturated heterocycles. The van der Waals surface area contributed by atoms with E-state index < -0.39 is 19.9 Å². The number of nitrogens with one attached hydrogen (secondary N) is 1. The molecule has 8 heteroatoms. The molecule has 0 aromatic heterocycles. The highest BCUT2D eigenvalue weighted by Gasteiger charge is 2.19. The molecular weight excluding hydrogens is 310 g/mol. The Kier molecular flexibility index (Phi) is 5.23. The number of sulfonamides is 1. The van der Waals surface area contributed by atoms with Crippen molar-refractivity contribution in [2.45, 2.75) is 11.8 Å². The maximum atomic E-state index is 11.9. The third kappa shape index (κ3) is 5.00. The number of rotatable bonds is 6. The van der Waals surface area contributed by atoms with E-state index in [0.29, 0.717) is 0 Å². The van der Waals surface area contributed by atoms with Gasteiger partial charge in [-0.25, -0.2) is 16.8 Å². The van der Waals surface area contributed by atoms with Gasteiger partial charge in [-0.2, -0.15) is 0 Å². The van der Waals surface area contributed by atoms with Crippen molar-refractivity contribution >= 4 is 37.1 Å². The highest BCUT2D eigenvalue weighted by atomic mass is 35.5. The normalized spacial score (nSPS) is 14.1. The summed E-state index contributed by atoms with van der Waals surface area (Å²) in [7, 11) is -7.12. The second-order valence-electron chi connectivity index (χ2n) is 4.41. The van der Waals surface area contributed by atoms with Gasteiger partial charge >= 0.3 is 0 Å². The minimum atomic E-state index is -3.63. The Balaban J connectivity index is 3.07. The van der Waals surface area contributed by atoms with Crippen LogP contribution in [0.5, 0.6) is 0 Å². The largest absolute Gasteiger partial charge is 0.282 e. The number of benzene rings is 1. The lowest BCUT2D eigenvalue weighted by Crippen LogP contribution is -2.23. The first-order valence-electron chi connectivity index (χ1n) is 5.51. The minimum absolute atomic E-state index is 0.0444. The van der Waals surface area contributed by atoms with Gasteiger partial charge in [0.1, 0.15) is 0 Å². The second-order valence-corrected chi connectivity index (χ2v) is 8.47. The van der Waals surface area contributed by atoms with Crippen LogP contribution in [-0.2, 0) is 19.9 Å². The molecule has 108 valence electrons. The smallest absolute Gasteiger partial charge is 0.233 e. The molecule has 0 aliphatic rings. The Morgan fingerprint density at radius 2 is 1.79 bits per heavy atom. The van der Waals surface area contributed by atoms with Gasteiger partial charge in [0.15, 0.2) is 9.84 Å². The lowest BCUT2D eigenvalue weighted by Gasteiger charge is -2.13. The number of anilines is 1. The zero-order valence-corrected chi connectivity index (χ0v) is 13.0. The summed E-state index contributed by atoms with van der Waals surface area (Å²) >= 11 is 5.58. The summed E-state index contributed by atoms with van der Waals surface area (Å²) in [6.45, 7) is 1.70. The zero-order chi connectivity index (χ0) is 14.7. The van der Waals surface area contributed by atoms with E-state index in [1.54, 1.807) is 13.0 Å². The number of hydrogen-bond acceptors (Lipinski definition) is 4. The number of para-hydroxylation sites is 1. The van der Waals surface area contributed by atoms with Crippen LogP contribution in [0.2, 0.25) is 0 Å². The van der Waals surface area contributed by atoms with Crippen LogP contribution in [0.4, 0.5) is 5.69 Å². The van der Waals surface area contributed by atoms with E-state index in [9.17, 15) is 16.8 Å². The van der Waals surface area contributed by atoms with Crippen molar-refractivity contribution in [3.05, 3.63) is 24.3 Å². The molecule has 1 rings (SSSR count). The molecule has 1 atom stereocenters. The highest BCUT2D eigenvalue weighted by molar-refractivity contribution is 7.93. The van der Waals surface area contributed by atoms with Crippen molar-refractivity contribution in [2.24, 2.45) is 5.92 Å². The third-order valence-corrected chi connectivity index (χ3v) is 5.54. The van der Waals surface area contributed by atoms with Crippen LogP contribution in [0.15, 0.2) is 29.2 Å². The first-order chi connectivity index (χ1) is 8.65. The quantitative estimate of drug-likeness (QED) is 0.807. The van der Waals surface area contributed by atoms with Gasteiger partial charge in [-0.3, -0.25) is 4.72 Å². The Bertz CT molecular complexity index is 640. The SMILES string of the molecule is CC(CCl)CS(=O)(=O)Nc1ccccc1S(C)(=O)=O. The monoisotopic (exact) mass is 325 g/mol. The molecular formula is C11H16ClNO4S2. The predicted octanol–water partition coefficient (Wildman–Crippen LogP) is 1.71. The fraction of sp³-hybridized carbons (Fsp3) is 0.455. The number of alkyl halides is 1. The van der Waals surface area contributed by atoms with Crippen LogP contribution in [0.1, 0.15) is 6.92 Å². The molecule has 0 bridgehead atoms. The molecule has 1 N–H and O–H groups in total. The van der Waals surface area contributed by atoms with Gasteiger partial charge in [-0.1, -0.05) is 19.1 Å². The van der Waals surface area contributed by atoms with Crippen LogP contribution in [-0.4, -0.2) is 34.7 Å². The van der Waals surface area contributed by atoms with Crippen molar-refractivity contribution in [3.8, 4) is 0 Å². The van der Waals surface area contributed by atoms with Crippen LogP contribution in [0, 0.1) is 5.92 Å². The third-order valence-electron chi connectivity index (χ3n) is 2.32. The van der Waals surface area contributed by atoms with E-state index in [1.807, 2.05) is 0 Å². The fourth-order valence-corrected chi connectivity index (χ4v) is 4.11. The van der Waals surface area contributed by atoms with Crippen molar-refractivity contribution in [1.82, 2.24) is 0 Å². The Labute approximate surface area is 118 Å². The number of sulfone groups is 1. The van der Waals surface area contributed by atoms with E-state index in [-0.39, 0.29) is 28.1 Å². The van der Waals surface area contributed by atoms with Crippen molar-refractivity contribution < 1.29 is 16.8 Å². The molecule has 5 nitrogen and oxygen atoms in total. The lowest BCUT2D eigenvalue weighted by atomic mass is 10.3. The first kappa shape index (κ1) is 16.3. The summed E-state index contributed by atoms with van der Waals surface area (Å²) in [5, 5.41) is 0. The maximum Gasteiger partial charge on any atom is 0.233 e. The molecule has 0 heterocycles. The topological polar surface area (TPSA) is 80.3 Å². The summed E-state index contributed by atoms with van der Waals surface area (Å²) in [6, 6.07) is 5.88. The minimum Gasteiger partial charge on any atom is -0.282 e. The molecule has 0 radical (unpaired) electrons. The predicted molar refractivity (Wildman–Crippen MR) is 76.8 cm³/mol. The molecule has 0 aliphatic heterocycles. The summed E-state index contributed by atoms with van der Waals surface area (Å²) in [5.74, 6) is -0.159. The van der Waals surface area contributed by atoms with E-state index in [4.69, 9.17) is 11.6 Å². The summed E-state index contributed by atoms with van der Waals surface area (Å²) < 4.78 is 49.2. The van der Waals surface area contributed by atoms with Gasteiger partial charge in [0, 0.05) is 12.1 Å². The molecule has 0 saturated carbocycles. The van der Waals surface area contributed by atoms with Gasteiger partial charge < -0.3 is 0 Å². The zero-order valence-electron chi connectivity index (χ0n) is 10.6. The molecule has 0 aliphatic carbocycles. The van der Waals surface area contributed by atoms with E-state index in [2.05, 4.69) is 4.72 Å². The average molecular weight is 326 g/mol. The van der Waals surface area contributed by atoms with Gasteiger partial charge in [0.25, 0.3) is 0 Å². The van der Waals surface area contributed by atoms with Gasteiger partial charge in [-0.15, -0.1) is 11.6 Å². The highest BCUT2D eigenvalue weighted by Crippen LogP contribution is 2.22. The van der Waals surface area contributed by atoms with Gasteiger partial charge in [0.05, 0.1) is 16.3 Å². The van der Waals surface area contributed by atoms with E-state index in [0.717, 1.165) is 6.26 Å². The van der Waals surface area contributed by atoms with Crippen LogP contribution >= 0.6 is 11.6 Å². The van der Waals surface area contributed by atoms with Gasteiger partial charge in [-0.05, 0) is 18.1 Å². The molecule has 1 unspecified atom stereocenters.